The third-order valence-electron chi connectivity index (χ3n) is 2.55. The third kappa shape index (κ3) is 1.69. The first kappa shape index (κ1) is 9.32. The molecule has 0 saturated carbocycles. The molecule has 0 unspecified atom stereocenters. The van der Waals surface area contributed by atoms with Crippen LogP contribution in [0, 0.1) is 0 Å². The van der Waals surface area contributed by atoms with Crippen molar-refractivity contribution in [1.29, 1.82) is 0 Å². The molecule has 0 nitrogen and oxygen atoms in total. The van der Waals surface area contributed by atoms with E-state index in [0.717, 1.165) is 0 Å². The summed E-state index contributed by atoms with van der Waals surface area (Å²) in [5, 5.41) is 0. The average Bonchev–Trinajstić information content (AvgIpc) is 2.17. The number of hydrogen-bond donors (Lipinski definition) is 0. The van der Waals surface area contributed by atoms with Crippen molar-refractivity contribution in [2.75, 3.05) is 0 Å². The van der Waals surface area contributed by atoms with Crippen LogP contribution in [0.4, 0.5) is 0 Å². The maximum absolute atomic E-state index is 2.24. The smallest absolute Gasteiger partial charge is 1.00 e. The van der Waals surface area contributed by atoms with Crippen molar-refractivity contribution in [3.8, 4) is 0 Å². The van der Waals surface area contributed by atoms with E-state index in [4.69, 9.17) is 0 Å². The zero-order valence-electron chi connectivity index (χ0n) is 8.71. The van der Waals surface area contributed by atoms with Gasteiger partial charge in [-0.3, -0.25) is 0 Å². The van der Waals surface area contributed by atoms with Gasteiger partial charge in [0.25, 0.3) is 0 Å². The van der Waals surface area contributed by atoms with Gasteiger partial charge in [0.15, 0.2) is 0 Å². The summed E-state index contributed by atoms with van der Waals surface area (Å²) in [6, 6.07) is 0. The minimum Gasteiger partial charge on any atom is -1.00 e. The topological polar surface area (TPSA) is 0 Å². The predicted octanol–water partition coefficient (Wildman–Crippen LogP) is 2.89. The van der Waals surface area contributed by atoms with E-state index in [9.17, 15) is 0 Å². The Morgan fingerprint density at radius 2 is 1.82 bits per heavy atom. The molecule has 0 aromatic heterocycles. The van der Waals surface area contributed by atoms with Gasteiger partial charge in [-0.25, -0.2) is 0 Å². The molecular weight excluding hydrogens is 211 g/mol. The second kappa shape index (κ2) is 3.31. The van der Waals surface area contributed by atoms with Crippen LogP contribution in [0.1, 0.15) is 35.5 Å². The minimum absolute atomic E-state index is 0. The van der Waals surface area contributed by atoms with E-state index < -0.39 is 0 Å². The van der Waals surface area contributed by atoms with Crippen molar-refractivity contribution in [3.63, 3.8) is 0 Å². The molecule has 0 atom stereocenters. The zero-order chi connectivity index (χ0) is 8.59. The van der Waals surface area contributed by atoms with Crippen molar-refractivity contribution in [1.82, 2.24) is 0 Å². The van der Waals surface area contributed by atoms with E-state index >= 15 is 0 Å². The third-order valence-corrected chi connectivity index (χ3v) is 3.29. The maximum Gasteiger partial charge on any atom is -1.00 e. The Hall–Kier alpha value is 0.233. The fourth-order valence-electron chi connectivity index (χ4n) is 1.49. The monoisotopic (exact) mass is 225 g/mol. The molecule has 0 aromatic rings. The molecule has 0 aromatic carbocycles. The Balaban J connectivity index is 0.00000121. The molecule has 1 aliphatic carbocycles. The Bertz CT molecular complexity index is 272. The van der Waals surface area contributed by atoms with Gasteiger partial charge in [0.2, 0.25) is 0 Å². The van der Waals surface area contributed by atoms with Gasteiger partial charge in [-0.05, 0) is 0 Å². The summed E-state index contributed by atoms with van der Waals surface area (Å²) < 4.78 is 1.56. The standard InChI is InChI=1S/C10H14.Zr.H/c1-5-10-6-7(2)8(3)9(10)4;;/h6H2,1-4H3;;/q;;-1. The van der Waals surface area contributed by atoms with Crippen LogP contribution in [0.15, 0.2) is 22.3 Å². The molecule has 0 fully saturated rings. The summed E-state index contributed by atoms with van der Waals surface area (Å²) in [4.78, 5) is 0. The molecule has 11 heavy (non-hydrogen) atoms. The summed E-state index contributed by atoms with van der Waals surface area (Å²) >= 11 is 1.56. The summed E-state index contributed by atoms with van der Waals surface area (Å²) in [5.74, 6) is 0. The van der Waals surface area contributed by atoms with Crippen LogP contribution >= 0.6 is 0 Å². The molecule has 1 aliphatic rings. The van der Waals surface area contributed by atoms with Crippen molar-refractivity contribution in [3.05, 3.63) is 22.3 Å². The van der Waals surface area contributed by atoms with Crippen molar-refractivity contribution in [2.24, 2.45) is 0 Å². The summed E-state index contributed by atoms with van der Waals surface area (Å²) in [5.41, 5.74) is 6.19. The van der Waals surface area contributed by atoms with Crippen molar-refractivity contribution < 1.29 is 25.7 Å². The molecule has 0 saturated heterocycles. The number of rotatable bonds is 1. The molecule has 0 N–H and O–H groups in total. The fourth-order valence-corrected chi connectivity index (χ4v) is 2.17. The zero-order valence-corrected chi connectivity index (χ0v) is 10.2. The van der Waals surface area contributed by atoms with E-state index in [0.29, 0.717) is 0 Å². The van der Waals surface area contributed by atoms with Gasteiger partial charge in [-0.2, -0.15) is 0 Å². The first-order valence-corrected chi connectivity index (χ1v) is 5.19. The second-order valence-corrected chi connectivity index (χ2v) is 5.15. The van der Waals surface area contributed by atoms with Gasteiger partial charge in [-0.15, -0.1) is 0 Å². The maximum atomic E-state index is 2.24. The molecule has 1 heteroatoms. The SMILES string of the molecule is C[C](=[Zr])C1=C(C)C(C)=C(C)C1.[H-]. The number of hydrogen-bond acceptors (Lipinski definition) is 0. The molecule has 60 valence electrons. The van der Waals surface area contributed by atoms with Crippen LogP contribution in [-0.4, -0.2) is 3.21 Å². The molecular formula is C10H15Zr-. The molecule has 0 spiro atoms. The fraction of sp³-hybridized carbons (Fsp3) is 0.500. The Morgan fingerprint density at radius 1 is 1.27 bits per heavy atom. The first-order valence-electron chi connectivity index (χ1n) is 3.96. The summed E-state index contributed by atoms with van der Waals surface area (Å²) in [6.07, 6.45) is 1.20. The normalized spacial score (nSPS) is 18.1. The number of allylic oxidation sites excluding steroid dienone is 4. The first-order chi connectivity index (χ1) is 5.04. The molecule has 0 aliphatic heterocycles. The Kier molecular flexibility index (Phi) is 2.81. The van der Waals surface area contributed by atoms with Crippen LogP contribution < -0.4 is 0 Å². The van der Waals surface area contributed by atoms with Gasteiger partial charge in [-0.1, -0.05) is 0 Å². The van der Waals surface area contributed by atoms with Gasteiger partial charge in [0.1, 0.15) is 0 Å². The molecule has 1 rings (SSSR count). The van der Waals surface area contributed by atoms with E-state index in [-0.39, 0.29) is 1.43 Å². The van der Waals surface area contributed by atoms with Crippen LogP contribution in [0.5, 0.6) is 0 Å². The van der Waals surface area contributed by atoms with Crippen LogP contribution in [0.2, 0.25) is 0 Å². The largest absolute Gasteiger partial charge is 1.00 e. The van der Waals surface area contributed by atoms with Crippen molar-refractivity contribution in [2.45, 2.75) is 34.1 Å². The van der Waals surface area contributed by atoms with Gasteiger partial charge in [0, 0.05) is 0 Å². The predicted molar refractivity (Wildman–Crippen MR) is 47.5 cm³/mol. The molecule has 0 radical (unpaired) electrons. The van der Waals surface area contributed by atoms with Crippen molar-refractivity contribution >= 4 is 3.21 Å². The summed E-state index contributed by atoms with van der Waals surface area (Å²) in [6.45, 7) is 8.96. The van der Waals surface area contributed by atoms with Gasteiger partial charge < -0.3 is 1.43 Å². The van der Waals surface area contributed by atoms with Crippen LogP contribution in [0.3, 0.4) is 0 Å². The molecule has 0 heterocycles. The molecule has 0 bridgehead atoms. The van der Waals surface area contributed by atoms with E-state index in [1.54, 1.807) is 38.6 Å². The van der Waals surface area contributed by atoms with E-state index in [1.165, 1.54) is 17.6 Å². The van der Waals surface area contributed by atoms with Gasteiger partial charge >= 0.3 is 83.8 Å². The second-order valence-electron chi connectivity index (χ2n) is 3.31. The van der Waals surface area contributed by atoms with Gasteiger partial charge in [0.05, 0.1) is 0 Å². The van der Waals surface area contributed by atoms with Crippen LogP contribution in [-0.2, 0) is 24.2 Å². The Morgan fingerprint density at radius 3 is 2.00 bits per heavy atom. The van der Waals surface area contributed by atoms with Crippen LogP contribution in [0.25, 0.3) is 0 Å². The Labute approximate surface area is 85.2 Å². The minimum atomic E-state index is 0. The molecule has 0 amide bonds. The quantitative estimate of drug-likeness (QED) is 0.645. The van der Waals surface area contributed by atoms with E-state index in [1.807, 2.05) is 0 Å². The van der Waals surface area contributed by atoms with E-state index in [2.05, 4.69) is 27.7 Å². The summed E-state index contributed by atoms with van der Waals surface area (Å²) in [7, 11) is 0. The average molecular weight is 226 g/mol.